The zero-order valence-electron chi connectivity index (χ0n) is 15.0. The van der Waals surface area contributed by atoms with Crippen molar-refractivity contribution in [2.24, 2.45) is 7.05 Å². The molecule has 0 N–H and O–H groups in total. The molecule has 0 unspecified atom stereocenters. The van der Waals surface area contributed by atoms with Crippen LogP contribution < -0.4 is 11.2 Å². The van der Waals surface area contributed by atoms with E-state index in [1.807, 2.05) is 0 Å². The van der Waals surface area contributed by atoms with E-state index in [2.05, 4.69) is 4.98 Å². The van der Waals surface area contributed by atoms with Gasteiger partial charge in [-0.25, -0.2) is 14.6 Å². The second-order valence-corrected chi connectivity index (χ2v) is 7.59. The molecule has 27 heavy (non-hydrogen) atoms. The summed E-state index contributed by atoms with van der Waals surface area (Å²) in [4.78, 5) is 42.7. The van der Waals surface area contributed by atoms with Crippen LogP contribution in [0.1, 0.15) is 28.0 Å². The average Bonchev–Trinajstić information content (AvgIpc) is 3.12. The number of fused-ring (bicyclic) bond motifs is 1. The van der Waals surface area contributed by atoms with Gasteiger partial charge in [0.1, 0.15) is 15.8 Å². The second kappa shape index (κ2) is 7.14. The van der Waals surface area contributed by atoms with Crippen LogP contribution in [0.2, 0.25) is 10.3 Å². The number of thiophene rings is 1. The molecule has 144 valence electrons. The number of carbonyl (C=O) groups excluding carboxylic acids is 1. The first kappa shape index (κ1) is 19.7. The first-order valence-electron chi connectivity index (χ1n) is 7.94. The van der Waals surface area contributed by atoms with Gasteiger partial charge in [0, 0.05) is 18.5 Å². The van der Waals surface area contributed by atoms with Gasteiger partial charge in [0.25, 0.3) is 5.56 Å². The van der Waals surface area contributed by atoms with Crippen molar-refractivity contribution in [3.8, 4) is 0 Å². The summed E-state index contributed by atoms with van der Waals surface area (Å²) in [5.41, 5.74) is -0.867. The Labute approximate surface area is 167 Å². The predicted molar refractivity (Wildman–Crippen MR) is 104 cm³/mol. The summed E-state index contributed by atoms with van der Waals surface area (Å²) in [5.74, 6) is -0.103. The zero-order chi connectivity index (χ0) is 20.0. The Morgan fingerprint density at radius 3 is 2.44 bits per heavy atom. The number of methoxy groups -OCH3 is 1. The Bertz CT molecular complexity index is 1190. The quantitative estimate of drug-likeness (QED) is 0.593. The molecule has 0 fully saturated rings. The molecule has 3 rings (SSSR count). The maximum Gasteiger partial charge on any atom is 0.339 e. The minimum absolute atomic E-state index is 0.126. The first-order chi connectivity index (χ1) is 12.7. The number of ether oxygens (including phenoxy) is 1. The fourth-order valence-corrected chi connectivity index (χ4v) is 4.69. The Morgan fingerprint density at radius 1 is 1.26 bits per heavy atom. The lowest BCUT2D eigenvalue weighted by Gasteiger charge is -2.07. The van der Waals surface area contributed by atoms with Crippen molar-refractivity contribution in [2.75, 3.05) is 7.11 Å². The molecule has 3 aromatic rings. The number of hydrogen-bond acceptors (Lipinski definition) is 6. The van der Waals surface area contributed by atoms with Crippen LogP contribution in [0.4, 0.5) is 0 Å². The molecule has 0 aliphatic carbocycles. The van der Waals surface area contributed by atoms with Gasteiger partial charge in [-0.05, 0) is 13.8 Å². The number of halogens is 2. The van der Waals surface area contributed by atoms with E-state index in [4.69, 9.17) is 27.9 Å². The Balaban J connectivity index is 2.39. The number of rotatable bonds is 4. The average molecular weight is 431 g/mol. The van der Waals surface area contributed by atoms with Crippen molar-refractivity contribution in [3.05, 3.63) is 47.4 Å². The molecule has 0 radical (unpaired) electrons. The molecule has 8 nitrogen and oxygen atoms in total. The molecular weight excluding hydrogens is 415 g/mol. The largest absolute Gasteiger partial charge is 0.465 e. The molecule has 0 saturated heterocycles. The van der Waals surface area contributed by atoms with Crippen LogP contribution in [0.25, 0.3) is 10.2 Å². The summed E-state index contributed by atoms with van der Waals surface area (Å²) in [6.45, 7) is 4.03. The third-order valence-corrected chi connectivity index (χ3v) is 6.25. The lowest BCUT2D eigenvalue weighted by molar-refractivity contribution is 0.0602. The van der Waals surface area contributed by atoms with Gasteiger partial charge in [0.15, 0.2) is 5.15 Å². The Kier molecular flexibility index (Phi) is 5.20. The second-order valence-electron chi connectivity index (χ2n) is 5.79. The van der Waals surface area contributed by atoms with Gasteiger partial charge in [-0.15, -0.1) is 11.3 Å². The molecule has 3 heterocycles. The third kappa shape index (κ3) is 2.99. The van der Waals surface area contributed by atoms with Crippen LogP contribution in [-0.4, -0.2) is 31.8 Å². The molecule has 0 spiro atoms. The van der Waals surface area contributed by atoms with E-state index in [9.17, 15) is 14.4 Å². The highest BCUT2D eigenvalue weighted by molar-refractivity contribution is 7.19. The van der Waals surface area contributed by atoms with Gasteiger partial charge in [0.05, 0.1) is 24.6 Å². The summed E-state index contributed by atoms with van der Waals surface area (Å²) in [6, 6.07) is 0. The topological polar surface area (TPSA) is 88.1 Å². The third-order valence-electron chi connectivity index (χ3n) is 4.31. The SMILES string of the molecule is CCn1c(=O)n(C)c(=O)c2c(C(=O)OC)c(Cn3c(C)nc(Cl)c3Cl)sc21. The zero-order valence-corrected chi connectivity index (χ0v) is 17.3. The first-order valence-corrected chi connectivity index (χ1v) is 9.51. The molecule has 11 heteroatoms. The molecule has 0 aliphatic heterocycles. The van der Waals surface area contributed by atoms with E-state index in [0.29, 0.717) is 22.1 Å². The molecule has 0 aliphatic rings. The maximum absolute atomic E-state index is 12.7. The highest BCUT2D eigenvalue weighted by Crippen LogP contribution is 2.32. The van der Waals surface area contributed by atoms with Gasteiger partial charge in [-0.3, -0.25) is 13.9 Å². The minimum Gasteiger partial charge on any atom is -0.465 e. The monoisotopic (exact) mass is 430 g/mol. The predicted octanol–water partition coefficient (Wildman–Crippen LogP) is 2.43. The molecular formula is C16H16Cl2N4O4S. The van der Waals surface area contributed by atoms with Crippen molar-refractivity contribution in [1.29, 1.82) is 0 Å². The van der Waals surface area contributed by atoms with Crippen molar-refractivity contribution in [1.82, 2.24) is 18.7 Å². The lowest BCUT2D eigenvalue weighted by Crippen LogP contribution is -2.37. The smallest absolute Gasteiger partial charge is 0.339 e. The fourth-order valence-electron chi connectivity index (χ4n) is 2.91. The number of esters is 1. The van der Waals surface area contributed by atoms with Gasteiger partial charge in [-0.1, -0.05) is 23.2 Å². The number of imidazole rings is 1. The van der Waals surface area contributed by atoms with E-state index in [-0.39, 0.29) is 27.8 Å². The normalized spacial score (nSPS) is 11.3. The summed E-state index contributed by atoms with van der Waals surface area (Å²) >= 11 is 13.4. The Hall–Kier alpha value is -2.10. The van der Waals surface area contributed by atoms with E-state index >= 15 is 0 Å². The molecule has 0 atom stereocenters. The van der Waals surface area contributed by atoms with Gasteiger partial charge >= 0.3 is 11.7 Å². The van der Waals surface area contributed by atoms with Crippen molar-refractivity contribution < 1.29 is 9.53 Å². The summed E-state index contributed by atoms with van der Waals surface area (Å²) < 4.78 is 8.96. The van der Waals surface area contributed by atoms with Crippen molar-refractivity contribution >= 4 is 50.7 Å². The molecule has 0 aromatic carbocycles. The van der Waals surface area contributed by atoms with E-state index in [0.717, 1.165) is 4.57 Å². The molecule has 0 saturated carbocycles. The van der Waals surface area contributed by atoms with Gasteiger partial charge in [0.2, 0.25) is 0 Å². The summed E-state index contributed by atoms with van der Waals surface area (Å²) in [6.07, 6.45) is 0. The summed E-state index contributed by atoms with van der Waals surface area (Å²) in [5, 5.41) is 0.533. The van der Waals surface area contributed by atoms with Gasteiger partial charge < -0.3 is 9.30 Å². The van der Waals surface area contributed by atoms with Gasteiger partial charge in [-0.2, -0.15) is 0 Å². The number of hydrogen-bond donors (Lipinski definition) is 0. The molecule has 3 aromatic heterocycles. The van der Waals surface area contributed by atoms with Crippen LogP contribution in [0.15, 0.2) is 9.59 Å². The van der Waals surface area contributed by atoms with Crippen LogP contribution in [-0.2, 0) is 24.9 Å². The van der Waals surface area contributed by atoms with Crippen molar-refractivity contribution in [3.63, 3.8) is 0 Å². The van der Waals surface area contributed by atoms with E-state index < -0.39 is 17.2 Å². The number of aryl methyl sites for hydroxylation is 2. The highest BCUT2D eigenvalue weighted by Gasteiger charge is 2.26. The maximum atomic E-state index is 12.7. The van der Waals surface area contributed by atoms with Crippen LogP contribution >= 0.6 is 34.5 Å². The molecule has 0 amide bonds. The molecule has 0 bridgehead atoms. The number of aromatic nitrogens is 4. The Morgan fingerprint density at radius 2 is 1.93 bits per heavy atom. The lowest BCUT2D eigenvalue weighted by atomic mass is 10.2. The summed E-state index contributed by atoms with van der Waals surface area (Å²) in [7, 11) is 2.62. The van der Waals surface area contributed by atoms with Crippen LogP contribution in [0.3, 0.4) is 0 Å². The minimum atomic E-state index is -0.658. The standard InChI is InChI=1S/C16H16Cl2N4O4S/c1-5-21-14-10(13(23)20(3)16(21)25)9(15(24)26-4)8(27-14)6-22-7(2)19-11(17)12(22)18/h5-6H2,1-4H3. The number of carbonyl (C=O) groups is 1. The van der Waals surface area contributed by atoms with Crippen LogP contribution in [0, 0.1) is 6.92 Å². The highest BCUT2D eigenvalue weighted by atomic mass is 35.5. The fraction of sp³-hybridized carbons (Fsp3) is 0.375. The number of nitrogens with zero attached hydrogens (tertiary/aromatic N) is 4. The van der Waals surface area contributed by atoms with E-state index in [1.165, 1.54) is 30.1 Å². The van der Waals surface area contributed by atoms with Crippen molar-refractivity contribution in [2.45, 2.75) is 26.9 Å². The van der Waals surface area contributed by atoms with Crippen LogP contribution in [0.5, 0.6) is 0 Å². The van der Waals surface area contributed by atoms with E-state index in [1.54, 1.807) is 18.4 Å².